The molecule has 0 spiro atoms. The predicted molar refractivity (Wildman–Crippen MR) is 84.2 cm³/mol. The van der Waals surface area contributed by atoms with Gasteiger partial charge >= 0.3 is 5.97 Å². The summed E-state index contributed by atoms with van der Waals surface area (Å²) in [6, 6.07) is 0. The van der Waals surface area contributed by atoms with Crippen LogP contribution in [0.15, 0.2) is 0 Å². The third-order valence-corrected chi connectivity index (χ3v) is 4.09. The number of hydrogen-bond donors (Lipinski definition) is 1. The molecular formula is C16H32N2O3. The second kappa shape index (κ2) is 9.38. The molecule has 2 atom stereocenters. The van der Waals surface area contributed by atoms with Gasteiger partial charge in [0.05, 0.1) is 13.2 Å². The molecule has 0 aliphatic carbocycles. The lowest BCUT2D eigenvalue weighted by Gasteiger charge is -2.32. The van der Waals surface area contributed by atoms with Gasteiger partial charge in [-0.15, -0.1) is 0 Å². The van der Waals surface area contributed by atoms with Gasteiger partial charge in [0.15, 0.2) is 0 Å². The highest BCUT2D eigenvalue weighted by Gasteiger charge is 2.28. The number of carbonyl (C=O) groups is 1. The van der Waals surface area contributed by atoms with E-state index in [4.69, 9.17) is 15.2 Å². The first-order valence-electron chi connectivity index (χ1n) is 8.21. The number of unbranched alkanes of at least 4 members (excludes halogenated alkanes) is 1. The van der Waals surface area contributed by atoms with Crippen LogP contribution < -0.4 is 5.73 Å². The Hall–Kier alpha value is -0.650. The van der Waals surface area contributed by atoms with Gasteiger partial charge in [-0.3, -0.25) is 4.79 Å². The Morgan fingerprint density at radius 3 is 2.86 bits per heavy atom. The van der Waals surface area contributed by atoms with E-state index in [-0.39, 0.29) is 5.97 Å². The van der Waals surface area contributed by atoms with Crippen molar-refractivity contribution >= 4 is 5.97 Å². The monoisotopic (exact) mass is 300 g/mol. The highest BCUT2D eigenvalue weighted by molar-refractivity contribution is 5.79. The van der Waals surface area contributed by atoms with E-state index in [0.29, 0.717) is 12.5 Å². The Morgan fingerprint density at radius 1 is 1.43 bits per heavy atom. The van der Waals surface area contributed by atoms with Gasteiger partial charge in [0.2, 0.25) is 0 Å². The number of methoxy groups -OCH3 is 1. The van der Waals surface area contributed by atoms with E-state index >= 15 is 0 Å². The van der Waals surface area contributed by atoms with Gasteiger partial charge in [0.25, 0.3) is 0 Å². The molecule has 1 rings (SSSR count). The second-order valence-electron chi connectivity index (χ2n) is 6.30. The minimum atomic E-state index is -0.858. The van der Waals surface area contributed by atoms with Gasteiger partial charge in [0.1, 0.15) is 5.54 Å². The van der Waals surface area contributed by atoms with Crippen molar-refractivity contribution in [1.82, 2.24) is 4.90 Å². The van der Waals surface area contributed by atoms with Crippen molar-refractivity contribution < 1.29 is 14.3 Å². The first-order valence-corrected chi connectivity index (χ1v) is 8.21. The molecule has 1 saturated heterocycles. The van der Waals surface area contributed by atoms with Crippen LogP contribution in [0.2, 0.25) is 0 Å². The maximum atomic E-state index is 11.5. The molecule has 0 amide bonds. The number of nitrogens with zero attached hydrogens (tertiary/aromatic N) is 1. The molecule has 2 N–H and O–H groups in total. The third kappa shape index (κ3) is 6.76. The van der Waals surface area contributed by atoms with Crippen LogP contribution in [0.1, 0.15) is 52.4 Å². The van der Waals surface area contributed by atoms with Crippen molar-refractivity contribution in [2.45, 2.75) is 64.0 Å². The van der Waals surface area contributed by atoms with Crippen LogP contribution in [0.25, 0.3) is 0 Å². The first kappa shape index (κ1) is 18.4. The zero-order valence-electron chi connectivity index (χ0n) is 13.9. The number of likely N-dealkylation sites (tertiary alicyclic amines) is 1. The van der Waals surface area contributed by atoms with Crippen molar-refractivity contribution in [3.05, 3.63) is 0 Å². The Labute approximate surface area is 129 Å². The van der Waals surface area contributed by atoms with Crippen LogP contribution in [0.3, 0.4) is 0 Å². The van der Waals surface area contributed by atoms with Crippen LogP contribution in [-0.4, -0.2) is 55.9 Å². The summed E-state index contributed by atoms with van der Waals surface area (Å²) in [6.45, 7) is 8.01. The lowest BCUT2D eigenvalue weighted by molar-refractivity contribution is -0.146. The molecule has 1 aliphatic heterocycles. The molecule has 0 radical (unpaired) electrons. The fourth-order valence-electron chi connectivity index (χ4n) is 2.80. The van der Waals surface area contributed by atoms with Gasteiger partial charge in [-0.2, -0.15) is 0 Å². The normalized spacial score (nSPS) is 22.8. The molecule has 5 heteroatoms. The molecule has 1 heterocycles. The molecule has 0 aromatic carbocycles. The number of ether oxygens (including phenoxy) is 2. The summed E-state index contributed by atoms with van der Waals surface area (Å²) in [7, 11) is 1.39. The fraction of sp³-hybridized carbons (Fsp3) is 0.938. The highest BCUT2D eigenvalue weighted by atomic mass is 16.5. The molecule has 0 aromatic rings. The zero-order chi connectivity index (χ0) is 15.7. The summed E-state index contributed by atoms with van der Waals surface area (Å²) in [4.78, 5) is 14.0. The molecule has 0 aromatic heterocycles. The minimum Gasteiger partial charge on any atom is -0.468 e. The summed E-state index contributed by atoms with van der Waals surface area (Å²) < 4.78 is 10.6. The average Bonchev–Trinajstić information content (AvgIpc) is 2.49. The Kier molecular flexibility index (Phi) is 8.22. The highest BCUT2D eigenvalue weighted by Crippen LogP contribution is 2.16. The van der Waals surface area contributed by atoms with Crippen LogP contribution in [0.4, 0.5) is 0 Å². The fourth-order valence-corrected chi connectivity index (χ4v) is 2.80. The van der Waals surface area contributed by atoms with Gasteiger partial charge in [-0.1, -0.05) is 6.92 Å². The maximum Gasteiger partial charge on any atom is 0.325 e. The number of nitrogens with two attached hydrogens (primary N) is 1. The Morgan fingerprint density at radius 2 is 2.19 bits per heavy atom. The summed E-state index contributed by atoms with van der Waals surface area (Å²) in [5.41, 5.74) is 5.10. The minimum absolute atomic E-state index is 0.325. The smallest absolute Gasteiger partial charge is 0.325 e. The number of rotatable bonds is 9. The summed E-state index contributed by atoms with van der Waals surface area (Å²) >= 11 is 0. The van der Waals surface area contributed by atoms with Crippen LogP contribution >= 0.6 is 0 Å². The van der Waals surface area contributed by atoms with Crippen LogP contribution in [0.5, 0.6) is 0 Å². The Balaban J connectivity index is 2.18. The van der Waals surface area contributed by atoms with Gasteiger partial charge in [-0.25, -0.2) is 0 Å². The first-order chi connectivity index (χ1) is 9.99. The van der Waals surface area contributed by atoms with E-state index in [1.165, 1.54) is 20.0 Å². The van der Waals surface area contributed by atoms with E-state index in [9.17, 15) is 4.79 Å². The summed E-state index contributed by atoms with van der Waals surface area (Å²) in [6.07, 6.45) is 6.55. The van der Waals surface area contributed by atoms with E-state index in [1.807, 2.05) is 0 Å². The Bertz CT molecular complexity index is 308. The van der Waals surface area contributed by atoms with Gasteiger partial charge in [0, 0.05) is 13.2 Å². The topological polar surface area (TPSA) is 64.8 Å². The largest absolute Gasteiger partial charge is 0.468 e. The third-order valence-electron chi connectivity index (χ3n) is 4.09. The van der Waals surface area contributed by atoms with E-state index in [2.05, 4.69) is 11.8 Å². The van der Waals surface area contributed by atoms with Crippen molar-refractivity contribution in [2.75, 3.05) is 33.4 Å². The molecule has 0 saturated carbocycles. The molecule has 5 nitrogen and oxygen atoms in total. The number of hydrogen-bond acceptors (Lipinski definition) is 5. The molecule has 2 unspecified atom stereocenters. The van der Waals surface area contributed by atoms with E-state index < -0.39 is 5.54 Å². The van der Waals surface area contributed by atoms with Crippen LogP contribution in [-0.2, 0) is 14.3 Å². The van der Waals surface area contributed by atoms with Crippen molar-refractivity contribution in [1.29, 1.82) is 0 Å². The van der Waals surface area contributed by atoms with Gasteiger partial charge < -0.3 is 20.1 Å². The number of carbonyl (C=O) groups excluding carboxylic acids is 1. The average molecular weight is 300 g/mol. The molecule has 1 fully saturated rings. The summed E-state index contributed by atoms with van der Waals surface area (Å²) in [5.74, 6) is -0.325. The molecule has 21 heavy (non-hydrogen) atoms. The lowest BCUT2D eigenvalue weighted by atomic mass is 9.96. The lowest BCUT2D eigenvalue weighted by Crippen LogP contribution is -2.45. The molecule has 124 valence electrons. The van der Waals surface area contributed by atoms with Crippen LogP contribution in [0, 0.1) is 0 Å². The van der Waals surface area contributed by atoms with E-state index in [1.54, 1.807) is 6.92 Å². The van der Waals surface area contributed by atoms with Crippen molar-refractivity contribution in [3.8, 4) is 0 Å². The van der Waals surface area contributed by atoms with Crippen molar-refractivity contribution in [2.24, 2.45) is 5.73 Å². The second-order valence-corrected chi connectivity index (χ2v) is 6.30. The van der Waals surface area contributed by atoms with Gasteiger partial charge in [-0.05, 0) is 58.5 Å². The summed E-state index contributed by atoms with van der Waals surface area (Å²) in [5, 5.41) is 0. The standard InChI is InChI=1S/C16H32N2O3/c1-4-12-21-14-8-7-11-18(13-14)10-6-5-9-16(2,17)15(19)20-3/h14H,4-13,17H2,1-3H3. The molecule has 0 bridgehead atoms. The maximum absolute atomic E-state index is 11.5. The predicted octanol–water partition coefficient (Wildman–Crippen LogP) is 1.94. The van der Waals surface area contributed by atoms with E-state index in [0.717, 1.165) is 45.5 Å². The number of piperidine rings is 1. The zero-order valence-corrected chi connectivity index (χ0v) is 13.9. The molecular weight excluding hydrogens is 268 g/mol. The quantitative estimate of drug-likeness (QED) is 0.521. The van der Waals surface area contributed by atoms with Crippen molar-refractivity contribution in [3.63, 3.8) is 0 Å². The number of esters is 1. The SMILES string of the molecule is CCCOC1CCCN(CCCCC(C)(N)C(=O)OC)C1. The molecule has 1 aliphatic rings.